The molecule has 128 valence electrons. The molecule has 0 bridgehead atoms. The van der Waals surface area contributed by atoms with Crippen molar-refractivity contribution in [2.24, 2.45) is 11.7 Å². The van der Waals surface area contributed by atoms with Gasteiger partial charge in [-0.05, 0) is 36.5 Å². The molecule has 2 aromatic rings. The quantitative estimate of drug-likeness (QED) is 0.838. The van der Waals surface area contributed by atoms with E-state index >= 15 is 0 Å². The lowest BCUT2D eigenvalue weighted by molar-refractivity contribution is -0.134. The van der Waals surface area contributed by atoms with Crippen LogP contribution in [0.5, 0.6) is 0 Å². The molecule has 1 amide bonds. The molecule has 1 aliphatic rings. The predicted octanol–water partition coefficient (Wildman–Crippen LogP) is 3.49. The highest BCUT2D eigenvalue weighted by Crippen LogP contribution is 2.32. The van der Waals surface area contributed by atoms with Crippen LogP contribution in [0.2, 0.25) is 0 Å². The van der Waals surface area contributed by atoms with Crippen LogP contribution in [0.3, 0.4) is 0 Å². The second-order valence-corrected chi connectivity index (χ2v) is 7.56. The van der Waals surface area contributed by atoms with Crippen LogP contribution in [0, 0.1) is 5.92 Å². The zero-order valence-corrected chi connectivity index (χ0v) is 15.6. The van der Waals surface area contributed by atoms with E-state index in [0.717, 1.165) is 40.9 Å². The molecule has 0 unspecified atom stereocenters. The second-order valence-electron chi connectivity index (χ2n) is 6.65. The lowest BCUT2D eigenvalue weighted by atomic mass is 10.0. The molecular weight excluding hydrogens is 368 g/mol. The fourth-order valence-corrected chi connectivity index (χ4v) is 3.34. The SMILES string of the molecule is CC(C)[C@H](N)C(=O)N1CCC[C@H]1c1ncc(-c2ccc(Br)cc2)[nH]1. The van der Waals surface area contributed by atoms with Crippen molar-refractivity contribution in [1.29, 1.82) is 0 Å². The van der Waals surface area contributed by atoms with Gasteiger partial charge < -0.3 is 15.6 Å². The van der Waals surface area contributed by atoms with Gasteiger partial charge >= 0.3 is 0 Å². The highest BCUT2D eigenvalue weighted by molar-refractivity contribution is 9.10. The number of benzene rings is 1. The van der Waals surface area contributed by atoms with E-state index in [1.807, 2.05) is 49.2 Å². The summed E-state index contributed by atoms with van der Waals surface area (Å²) in [7, 11) is 0. The number of imidazole rings is 1. The summed E-state index contributed by atoms with van der Waals surface area (Å²) in [6, 6.07) is 7.62. The Balaban J connectivity index is 1.81. The minimum Gasteiger partial charge on any atom is -0.340 e. The van der Waals surface area contributed by atoms with E-state index in [9.17, 15) is 4.79 Å². The normalized spacial score (nSPS) is 19.0. The molecule has 3 rings (SSSR count). The number of likely N-dealkylation sites (tertiary alicyclic amines) is 1. The van der Waals surface area contributed by atoms with Crippen molar-refractivity contribution < 1.29 is 4.79 Å². The van der Waals surface area contributed by atoms with E-state index < -0.39 is 6.04 Å². The van der Waals surface area contributed by atoms with Gasteiger partial charge in [-0.25, -0.2) is 4.98 Å². The van der Waals surface area contributed by atoms with Crippen molar-refractivity contribution in [2.75, 3.05) is 6.54 Å². The Morgan fingerprint density at radius 2 is 2.08 bits per heavy atom. The summed E-state index contributed by atoms with van der Waals surface area (Å²) in [6.45, 7) is 4.70. The van der Waals surface area contributed by atoms with Crippen LogP contribution in [0.15, 0.2) is 34.9 Å². The van der Waals surface area contributed by atoms with Crippen molar-refractivity contribution in [3.63, 3.8) is 0 Å². The first kappa shape index (κ1) is 17.2. The van der Waals surface area contributed by atoms with Gasteiger partial charge in [-0.2, -0.15) is 0 Å². The van der Waals surface area contributed by atoms with Gasteiger partial charge in [-0.1, -0.05) is 41.9 Å². The van der Waals surface area contributed by atoms with Gasteiger partial charge in [0.25, 0.3) is 0 Å². The number of carbonyl (C=O) groups excluding carboxylic acids is 1. The van der Waals surface area contributed by atoms with Crippen LogP contribution >= 0.6 is 15.9 Å². The Kier molecular flexibility index (Phi) is 5.06. The first-order valence-electron chi connectivity index (χ1n) is 8.34. The molecule has 1 saturated heterocycles. The minimum atomic E-state index is -0.452. The number of nitrogens with one attached hydrogen (secondary N) is 1. The highest BCUT2D eigenvalue weighted by Gasteiger charge is 2.35. The molecule has 1 fully saturated rings. The number of halogens is 1. The maximum absolute atomic E-state index is 12.6. The summed E-state index contributed by atoms with van der Waals surface area (Å²) in [6.07, 6.45) is 3.74. The molecular formula is C18H23BrN4O. The van der Waals surface area contributed by atoms with Crippen LogP contribution in [0.1, 0.15) is 38.6 Å². The second kappa shape index (κ2) is 7.07. The van der Waals surface area contributed by atoms with Gasteiger partial charge in [-0.3, -0.25) is 4.79 Å². The number of hydrogen-bond donors (Lipinski definition) is 2. The van der Waals surface area contributed by atoms with Gasteiger partial charge in [0.15, 0.2) is 0 Å². The molecule has 0 spiro atoms. The van der Waals surface area contributed by atoms with E-state index in [0.29, 0.717) is 0 Å². The Morgan fingerprint density at radius 1 is 1.38 bits per heavy atom. The molecule has 0 saturated carbocycles. The number of carbonyl (C=O) groups is 1. The third-order valence-corrected chi connectivity index (χ3v) is 5.13. The molecule has 0 aliphatic carbocycles. The van der Waals surface area contributed by atoms with E-state index in [1.54, 1.807) is 0 Å². The topological polar surface area (TPSA) is 75.0 Å². The summed E-state index contributed by atoms with van der Waals surface area (Å²) >= 11 is 3.44. The van der Waals surface area contributed by atoms with Crippen molar-refractivity contribution in [3.8, 4) is 11.3 Å². The van der Waals surface area contributed by atoms with Crippen LogP contribution in [0.4, 0.5) is 0 Å². The number of aromatic nitrogens is 2. The number of amides is 1. The molecule has 5 nitrogen and oxygen atoms in total. The van der Waals surface area contributed by atoms with Crippen LogP contribution in [-0.2, 0) is 4.79 Å². The summed E-state index contributed by atoms with van der Waals surface area (Å²) in [5.41, 5.74) is 8.10. The fraction of sp³-hybridized carbons (Fsp3) is 0.444. The summed E-state index contributed by atoms with van der Waals surface area (Å²) in [5, 5.41) is 0. The van der Waals surface area contributed by atoms with Gasteiger partial charge in [0.05, 0.1) is 24.0 Å². The summed E-state index contributed by atoms with van der Waals surface area (Å²) < 4.78 is 1.04. The molecule has 0 radical (unpaired) electrons. The van der Waals surface area contributed by atoms with Crippen molar-refractivity contribution >= 4 is 21.8 Å². The Hall–Kier alpha value is -1.66. The number of nitrogens with zero attached hydrogens (tertiary/aromatic N) is 2. The molecule has 2 atom stereocenters. The Bertz CT molecular complexity index is 710. The monoisotopic (exact) mass is 390 g/mol. The van der Waals surface area contributed by atoms with E-state index in [2.05, 4.69) is 25.9 Å². The Labute approximate surface area is 150 Å². The average molecular weight is 391 g/mol. The molecule has 24 heavy (non-hydrogen) atoms. The number of rotatable bonds is 4. The van der Waals surface area contributed by atoms with Crippen LogP contribution < -0.4 is 5.73 Å². The molecule has 1 aromatic carbocycles. The smallest absolute Gasteiger partial charge is 0.240 e. The van der Waals surface area contributed by atoms with E-state index in [-0.39, 0.29) is 17.9 Å². The van der Waals surface area contributed by atoms with Crippen LogP contribution in [-0.4, -0.2) is 33.4 Å². The maximum Gasteiger partial charge on any atom is 0.240 e. The zero-order valence-electron chi connectivity index (χ0n) is 14.0. The standard InChI is InChI=1S/C18H23BrN4O/c1-11(2)16(20)18(24)23-9-3-4-15(23)17-21-10-14(22-17)12-5-7-13(19)8-6-12/h5-8,10-11,15-16H,3-4,9,20H2,1-2H3,(H,21,22)/t15-,16-/m0/s1. The fourth-order valence-electron chi connectivity index (χ4n) is 3.07. The first-order valence-corrected chi connectivity index (χ1v) is 9.13. The third kappa shape index (κ3) is 3.39. The number of hydrogen-bond acceptors (Lipinski definition) is 3. The summed E-state index contributed by atoms with van der Waals surface area (Å²) in [5.74, 6) is 0.998. The molecule has 1 aliphatic heterocycles. The van der Waals surface area contributed by atoms with Crippen LogP contribution in [0.25, 0.3) is 11.3 Å². The number of H-pyrrole nitrogens is 1. The minimum absolute atomic E-state index is 0.00787. The van der Waals surface area contributed by atoms with Crippen molar-refractivity contribution in [1.82, 2.24) is 14.9 Å². The highest BCUT2D eigenvalue weighted by atomic mass is 79.9. The van der Waals surface area contributed by atoms with Gasteiger partial charge in [0, 0.05) is 11.0 Å². The van der Waals surface area contributed by atoms with E-state index in [4.69, 9.17) is 5.73 Å². The third-order valence-electron chi connectivity index (χ3n) is 4.61. The largest absolute Gasteiger partial charge is 0.340 e. The molecule has 2 heterocycles. The maximum atomic E-state index is 12.6. The molecule has 1 aromatic heterocycles. The first-order chi connectivity index (χ1) is 11.5. The van der Waals surface area contributed by atoms with Crippen molar-refractivity contribution in [3.05, 3.63) is 40.8 Å². The average Bonchev–Trinajstić information content (AvgIpc) is 3.22. The number of aromatic amines is 1. The van der Waals surface area contributed by atoms with Gasteiger partial charge in [-0.15, -0.1) is 0 Å². The molecule has 6 heteroatoms. The summed E-state index contributed by atoms with van der Waals surface area (Å²) in [4.78, 5) is 22.4. The van der Waals surface area contributed by atoms with E-state index in [1.165, 1.54) is 0 Å². The Morgan fingerprint density at radius 3 is 2.75 bits per heavy atom. The van der Waals surface area contributed by atoms with Gasteiger partial charge in [0.1, 0.15) is 5.82 Å². The lowest BCUT2D eigenvalue weighted by Crippen LogP contribution is -2.46. The van der Waals surface area contributed by atoms with Crippen molar-refractivity contribution in [2.45, 2.75) is 38.8 Å². The predicted molar refractivity (Wildman–Crippen MR) is 98.2 cm³/mol. The zero-order chi connectivity index (χ0) is 17.3. The molecule has 3 N–H and O–H groups in total. The lowest BCUT2D eigenvalue weighted by Gasteiger charge is -2.27. The number of nitrogens with two attached hydrogens (primary N) is 1. The van der Waals surface area contributed by atoms with Gasteiger partial charge in [0.2, 0.25) is 5.91 Å².